The fourth-order valence-electron chi connectivity index (χ4n) is 1.30. The van der Waals surface area contributed by atoms with E-state index in [0.29, 0.717) is 0 Å². The Kier molecular flexibility index (Phi) is 3.49. The first-order valence-corrected chi connectivity index (χ1v) is 6.26. The molecule has 0 aromatic heterocycles. The van der Waals surface area contributed by atoms with Crippen LogP contribution in [0.15, 0.2) is 45.3 Å². The maximum absolute atomic E-state index is 5.94. The average molecular weight is 345 g/mol. The van der Waals surface area contributed by atoms with E-state index in [-0.39, 0.29) is 0 Å². The highest BCUT2D eigenvalue weighted by molar-refractivity contribution is 9.11. The Bertz CT molecular complexity index is 495. The van der Waals surface area contributed by atoms with E-state index in [1.54, 1.807) is 0 Å². The number of hydrogen-bond donors (Lipinski definition) is 0. The van der Waals surface area contributed by atoms with Crippen LogP contribution >= 0.6 is 43.5 Å². The molecule has 0 nitrogen and oxygen atoms in total. The first-order valence-electron chi connectivity index (χ1n) is 4.29. The summed E-state index contributed by atoms with van der Waals surface area (Å²) >= 11 is 12.9. The van der Waals surface area contributed by atoms with E-state index in [4.69, 9.17) is 11.6 Å². The van der Waals surface area contributed by atoms with Crippen LogP contribution in [-0.2, 0) is 0 Å². The number of rotatable bonds is 1. The highest BCUT2D eigenvalue weighted by Crippen LogP contribution is 2.31. The lowest BCUT2D eigenvalue weighted by Gasteiger charge is -2.05. The minimum Gasteiger partial charge on any atom is -0.0843 e. The zero-order valence-corrected chi connectivity index (χ0v) is 11.5. The summed E-state index contributed by atoms with van der Waals surface area (Å²) in [5, 5.41) is 0.718. The third-order valence-electron chi connectivity index (χ3n) is 1.98. The Labute approximate surface area is 111 Å². The predicted octanol–water partition coefficient (Wildman–Crippen LogP) is 5.33. The zero-order valence-electron chi connectivity index (χ0n) is 7.60. The van der Waals surface area contributed by atoms with Crippen molar-refractivity contribution in [1.29, 1.82) is 0 Å². The van der Waals surface area contributed by atoms with Gasteiger partial charge in [-0.05, 0) is 47.5 Å². The second-order valence-electron chi connectivity index (χ2n) is 3.04. The Morgan fingerprint density at radius 1 is 1.07 bits per heavy atom. The van der Waals surface area contributed by atoms with Gasteiger partial charge in [-0.15, -0.1) is 0 Å². The predicted molar refractivity (Wildman–Crippen MR) is 71.1 cm³/mol. The van der Waals surface area contributed by atoms with Crippen LogP contribution in [0.25, 0.3) is 11.1 Å². The van der Waals surface area contributed by atoms with Crippen molar-refractivity contribution in [1.82, 2.24) is 0 Å². The van der Waals surface area contributed by atoms with Gasteiger partial charge in [-0.2, -0.15) is 0 Å². The first-order chi connectivity index (χ1) is 7.16. The van der Waals surface area contributed by atoms with Crippen molar-refractivity contribution >= 4 is 43.5 Å². The van der Waals surface area contributed by atoms with Crippen LogP contribution in [0.2, 0.25) is 5.02 Å². The van der Waals surface area contributed by atoms with Crippen LogP contribution < -0.4 is 0 Å². The molecule has 0 amide bonds. The molecule has 0 atom stereocenters. The van der Waals surface area contributed by atoms with Crippen molar-refractivity contribution in [3.8, 4) is 11.1 Å². The largest absolute Gasteiger partial charge is 0.0843 e. The zero-order chi connectivity index (χ0) is 10.8. The van der Waals surface area contributed by atoms with Crippen LogP contribution in [0.3, 0.4) is 0 Å². The van der Waals surface area contributed by atoms with E-state index in [9.17, 15) is 0 Å². The summed E-state index contributed by atoms with van der Waals surface area (Å²) in [5.41, 5.74) is 2.06. The van der Waals surface area contributed by atoms with E-state index in [1.165, 1.54) is 0 Å². The Morgan fingerprint density at radius 2 is 1.87 bits per heavy atom. The second-order valence-corrected chi connectivity index (χ2v) is 5.25. The molecule has 0 heterocycles. The van der Waals surface area contributed by atoms with Gasteiger partial charge in [-0.3, -0.25) is 0 Å². The Balaban J connectivity index is 2.58. The molecule has 0 saturated carbocycles. The van der Waals surface area contributed by atoms with Gasteiger partial charge in [0.1, 0.15) is 0 Å². The van der Waals surface area contributed by atoms with E-state index in [2.05, 4.69) is 37.9 Å². The Morgan fingerprint density at radius 3 is 2.60 bits per heavy atom. The smallest absolute Gasteiger partial charge is 0.0412 e. The lowest BCUT2D eigenvalue weighted by atomic mass is 10.1. The molecule has 1 radical (unpaired) electrons. The van der Waals surface area contributed by atoms with Crippen LogP contribution in [0.5, 0.6) is 0 Å². The van der Waals surface area contributed by atoms with Gasteiger partial charge in [0.25, 0.3) is 0 Å². The molecule has 3 heteroatoms. The van der Waals surface area contributed by atoms with Gasteiger partial charge in [-0.1, -0.05) is 49.5 Å². The summed E-state index contributed by atoms with van der Waals surface area (Å²) in [4.78, 5) is 0. The number of hydrogen-bond acceptors (Lipinski definition) is 0. The van der Waals surface area contributed by atoms with Gasteiger partial charge >= 0.3 is 0 Å². The van der Waals surface area contributed by atoms with E-state index in [1.807, 2.05) is 36.4 Å². The molecule has 75 valence electrons. The van der Waals surface area contributed by atoms with Crippen LogP contribution in [-0.4, -0.2) is 0 Å². The average Bonchev–Trinajstić information content (AvgIpc) is 2.22. The third kappa shape index (κ3) is 2.63. The number of halogens is 3. The molecule has 15 heavy (non-hydrogen) atoms. The third-order valence-corrected chi connectivity index (χ3v) is 3.40. The molecule has 0 saturated heterocycles. The molecule has 2 aromatic carbocycles. The fourth-order valence-corrected chi connectivity index (χ4v) is 2.29. The van der Waals surface area contributed by atoms with Crippen molar-refractivity contribution < 1.29 is 0 Å². The van der Waals surface area contributed by atoms with Crippen molar-refractivity contribution in [3.05, 3.63) is 56.4 Å². The van der Waals surface area contributed by atoms with Gasteiger partial charge in [0.2, 0.25) is 0 Å². The monoisotopic (exact) mass is 343 g/mol. The van der Waals surface area contributed by atoms with Crippen LogP contribution in [0, 0.1) is 6.07 Å². The molecule has 0 aliphatic carbocycles. The van der Waals surface area contributed by atoms with Crippen LogP contribution in [0.1, 0.15) is 0 Å². The van der Waals surface area contributed by atoms with Gasteiger partial charge < -0.3 is 0 Å². The van der Waals surface area contributed by atoms with Gasteiger partial charge in [0.15, 0.2) is 0 Å². The van der Waals surface area contributed by atoms with Gasteiger partial charge in [0.05, 0.1) is 0 Å². The summed E-state index contributed by atoms with van der Waals surface area (Å²) in [6.07, 6.45) is 0. The van der Waals surface area contributed by atoms with E-state index < -0.39 is 0 Å². The highest BCUT2D eigenvalue weighted by atomic mass is 79.9. The normalized spacial score (nSPS) is 10.3. The second kappa shape index (κ2) is 4.69. The lowest BCUT2D eigenvalue weighted by molar-refractivity contribution is 1.55. The minimum absolute atomic E-state index is 0.718. The molecular weight excluding hydrogens is 339 g/mol. The van der Waals surface area contributed by atoms with Crippen LogP contribution in [0.4, 0.5) is 0 Å². The summed E-state index contributed by atoms with van der Waals surface area (Å²) < 4.78 is 2.07. The molecule has 2 aromatic rings. The molecule has 2 rings (SSSR count). The molecule has 0 aliphatic heterocycles. The molecular formula is C12H6Br2Cl. The van der Waals surface area contributed by atoms with Crippen molar-refractivity contribution in [2.24, 2.45) is 0 Å². The first kappa shape index (κ1) is 11.2. The molecule has 0 unspecified atom stereocenters. The minimum atomic E-state index is 0.718. The summed E-state index contributed by atoms with van der Waals surface area (Å²) in [6.45, 7) is 0. The molecule has 0 N–H and O–H groups in total. The SMILES string of the molecule is Clc1cc[c]c(-c2cc(Br)ccc2Br)c1. The van der Waals surface area contributed by atoms with Gasteiger partial charge in [0, 0.05) is 14.0 Å². The standard InChI is InChI=1S/C12H6Br2Cl/c13-9-4-5-12(14)11(7-9)8-2-1-3-10(15)6-8/h1,3-7H. The molecule has 0 fully saturated rings. The van der Waals surface area contributed by atoms with Crippen molar-refractivity contribution in [3.63, 3.8) is 0 Å². The summed E-state index contributed by atoms with van der Waals surface area (Å²) in [6, 6.07) is 14.7. The maximum Gasteiger partial charge on any atom is 0.0412 e. The quantitative estimate of drug-likeness (QED) is 0.655. The molecule has 0 bridgehead atoms. The highest BCUT2D eigenvalue weighted by Gasteiger charge is 2.04. The summed E-state index contributed by atoms with van der Waals surface area (Å²) in [7, 11) is 0. The van der Waals surface area contributed by atoms with E-state index in [0.717, 1.165) is 25.1 Å². The van der Waals surface area contributed by atoms with Crippen molar-refractivity contribution in [2.75, 3.05) is 0 Å². The van der Waals surface area contributed by atoms with E-state index >= 15 is 0 Å². The topological polar surface area (TPSA) is 0 Å². The lowest BCUT2D eigenvalue weighted by Crippen LogP contribution is -1.80. The van der Waals surface area contributed by atoms with Gasteiger partial charge in [-0.25, -0.2) is 0 Å². The number of benzene rings is 2. The molecule has 0 spiro atoms. The van der Waals surface area contributed by atoms with Crippen molar-refractivity contribution in [2.45, 2.75) is 0 Å². The fraction of sp³-hybridized carbons (Fsp3) is 0. The Hall–Kier alpha value is -0.310. The molecule has 0 aliphatic rings. The summed E-state index contributed by atoms with van der Waals surface area (Å²) in [5.74, 6) is 0. The maximum atomic E-state index is 5.94.